The van der Waals surface area contributed by atoms with E-state index in [0.29, 0.717) is 23.8 Å². The molecule has 0 radical (unpaired) electrons. The number of hydrogen-bond acceptors (Lipinski definition) is 5. The van der Waals surface area contributed by atoms with Gasteiger partial charge in [0.05, 0.1) is 0 Å². The van der Waals surface area contributed by atoms with E-state index in [-0.39, 0.29) is 18.1 Å². The van der Waals surface area contributed by atoms with Gasteiger partial charge in [-0.05, 0) is 42.4 Å². The zero-order valence-corrected chi connectivity index (χ0v) is 16.1. The smallest absolute Gasteiger partial charge is 0.231 e. The monoisotopic (exact) mass is 390 g/mol. The number of nitrogens with zero attached hydrogens (tertiary/aromatic N) is 2. The third-order valence-electron chi connectivity index (χ3n) is 5.32. The molecule has 1 saturated heterocycles. The molecule has 2 aliphatic heterocycles. The second-order valence-electron chi connectivity index (χ2n) is 7.71. The van der Waals surface area contributed by atoms with Crippen molar-refractivity contribution in [1.29, 1.82) is 0 Å². The second-order valence-corrected chi connectivity index (χ2v) is 8.10. The van der Waals surface area contributed by atoms with E-state index in [1.165, 1.54) is 5.56 Å². The molecule has 0 spiro atoms. The SMILES string of the molecule is C[C@]1(Cc2ccc3c(c2)OCO3)CCCN(C(=O)CCc2cc(Cl)no2)C1. The number of aromatic nitrogens is 1. The Morgan fingerprint density at radius 1 is 1.30 bits per heavy atom. The van der Waals surface area contributed by atoms with E-state index in [2.05, 4.69) is 24.2 Å². The number of piperidine rings is 1. The largest absolute Gasteiger partial charge is 0.454 e. The Morgan fingerprint density at radius 2 is 2.15 bits per heavy atom. The summed E-state index contributed by atoms with van der Waals surface area (Å²) in [7, 11) is 0. The number of halogens is 1. The van der Waals surface area contributed by atoms with E-state index < -0.39 is 0 Å². The lowest BCUT2D eigenvalue weighted by Gasteiger charge is -2.41. The molecular formula is C20H23ClN2O4. The summed E-state index contributed by atoms with van der Waals surface area (Å²) in [4.78, 5) is 14.6. The lowest BCUT2D eigenvalue weighted by atomic mass is 9.77. The Balaban J connectivity index is 1.36. The highest BCUT2D eigenvalue weighted by Gasteiger charge is 2.33. The van der Waals surface area contributed by atoms with Crippen LogP contribution in [0.1, 0.15) is 37.5 Å². The Hall–Kier alpha value is -2.21. The van der Waals surface area contributed by atoms with Crippen LogP contribution in [0.4, 0.5) is 0 Å². The van der Waals surface area contributed by atoms with E-state index in [0.717, 1.165) is 43.9 Å². The van der Waals surface area contributed by atoms with Crippen LogP contribution in [0, 0.1) is 5.41 Å². The van der Waals surface area contributed by atoms with Crippen LogP contribution in [-0.4, -0.2) is 35.8 Å². The molecule has 1 aromatic carbocycles. The van der Waals surface area contributed by atoms with E-state index in [4.69, 9.17) is 25.6 Å². The minimum absolute atomic E-state index is 0.0527. The average molecular weight is 391 g/mol. The number of rotatable bonds is 5. The Labute approximate surface area is 163 Å². The first-order chi connectivity index (χ1) is 13.0. The van der Waals surface area contributed by atoms with Crippen molar-refractivity contribution in [2.75, 3.05) is 19.9 Å². The van der Waals surface area contributed by atoms with Crippen molar-refractivity contribution < 1.29 is 18.8 Å². The molecule has 0 aliphatic carbocycles. The number of aryl methyl sites for hydroxylation is 1. The maximum Gasteiger partial charge on any atom is 0.231 e. The molecule has 2 aliphatic rings. The summed E-state index contributed by atoms with van der Waals surface area (Å²) in [5.74, 6) is 2.41. The van der Waals surface area contributed by atoms with Gasteiger partial charge in [0.2, 0.25) is 12.7 Å². The van der Waals surface area contributed by atoms with Gasteiger partial charge in [-0.1, -0.05) is 29.7 Å². The molecule has 144 valence electrons. The summed E-state index contributed by atoms with van der Waals surface area (Å²) in [6.07, 6.45) is 3.95. The van der Waals surface area contributed by atoms with Crippen molar-refractivity contribution in [2.24, 2.45) is 5.41 Å². The molecule has 0 N–H and O–H groups in total. The molecule has 0 bridgehead atoms. The summed E-state index contributed by atoms with van der Waals surface area (Å²) in [6, 6.07) is 7.78. The van der Waals surface area contributed by atoms with Crippen LogP contribution in [0.15, 0.2) is 28.8 Å². The normalized spacial score (nSPS) is 21.5. The predicted molar refractivity (Wildman–Crippen MR) is 100 cm³/mol. The summed E-state index contributed by atoms with van der Waals surface area (Å²) in [5.41, 5.74) is 1.27. The van der Waals surface area contributed by atoms with Crippen LogP contribution in [0.3, 0.4) is 0 Å². The molecule has 27 heavy (non-hydrogen) atoms. The van der Waals surface area contributed by atoms with Gasteiger partial charge < -0.3 is 18.9 Å². The third-order valence-corrected chi connectivity index (χ3v) is 5.50. The molecule has 4 rings (SSSR count). The van der Waals surface area contributed by atoms with Crippen LogP contribution in [0.5, 0.6) is 11.5 Å². The first-order valence-corrected chi connectivity index (χ1v) is 9.66. The fourth-order valence-corrected chi connectivity index (χ4v) is 4.17. The molecular weight excluding hydrogens is 368 g/mol. The van der Waals surface area contributed by atoms with Crippen LogP contribution in [-0.2, 0) is 17.6 Å². The summed E-state index contributed by atoms with van der Waals surface area (Å²) in [5, 5.41) is 3.97. The number of fused-ring (bicyclic) bond motifs is 1. The standard InChI is InChI=1S/C20H23ClN2O4/c1-20(11-14-3-5-16-17(9-14)26-13-25-16)7-2-8-23(12-20)19(24)6-4-15-10-18(21)22-27-15/h3,5,9-10H,2,4,6-8,11-13H2,1H3/t20-/m1/s1. The maximum absolute atomic E-state index is 12.7. The predicted octanol–water partition coefficient (Wildman–Crippen LogP) is 3.86. The van der Waals surface area contributed by atoms with Gasteiger partial charge in [0, 0.05) is 32.0 Å². The van der Waals surface area contributed by atoms with E-state index >= 15 is 0 Å². The van der Waals surface area contributed by atoms with Crippen molar-refractivity contribution >= 4 is 17.5 Å². The zero-order chi connectivity index (χ0) is 18.9. The fraction of sp³-hybridized carbons (Fsp3) is 0.500. The van der Waals surface area contributed by atoms with E-state index in [1.54, 1.807) is 6.07 Å². The number of benzene rings is 1. The quantitative estimate of drug-likeness (QED) is 0.775. The van der Waals surface area contributed by atoms with Crippen molar-refractivity contribution in [1.82, 2.24) is 10.1 Å². The first-order valence-electron chi connectivity index (χ1n) is 9.28. The van der Waals surface area contributed by atoms with Gasteiger partial charge in [0.15, 0.2) is 16.7 Å². The number of ether oxygens (including phenoxy) is 2. The van der Waals surface area contributed by atoms with Gasteiger partial charge in [-0.25, -0.2) is 0 Å². The third kappa shape index (κ3) is 4.21. The number of carbonyl (C=O) groups excluding carboxylic acids is 1. The minimum Gasteiger partial charge on any atom is -0.454 e. The lowest BCUT2D eigenvalue weighted by molar-refractivity contribution is -0.134. The first kappa shape index (κ1) is 18.2. The van der Waals surface area contributed by atoms with Gasteiger partial charge in [-0.3, -0.25) is 4.79 Å². The molecule has 2 aromatic rings. The number of hydrogen-bond donors (Lipinski definition) is 0. The van der Waals surface area contributed by atoms with Crippen LogP contribution < -0.4 is 9.47 Å². The zero-order valence-electron chi connectivity index (χ0n) is 15.4. The second kappa shape index (κ2) is 7.43. The van der Waals surface area contributed by atoms with Gasteiger partial charge in [-0.2, -0.15) is 0 Å². The summed E-state index contributed by atoms with van der Waals surface area (Å²) in [6.45, 7) is 4.12. The average Bonchev–Trinajstić information content (AvgIpc) is 3.27. The van der Waals surface area contributed by atoms with Crippen molar-refractivity contribution in [3.63, 3.8) is 0 Å². The van der Waals surface area contributed by atoms with Crippen molar-refractivity contribution in [2.45, 2.75) is 39.0 Å². The van der Waals surface area contributed by atoms with E-state index in [1.807, 2.05) is 11.0 Å². The Kier molecular flexibility index (Phi) is 5.00. The molecule has 1 amide bonds. The highest BCUT2D eigenvalue weighted by molar-refractivity contribution is 6.29. The highest BCUT2D eigenvalue weighted by atomic mass is 35.5. The topological polar surface area (TPSA) is 64.8 Å². The van der Waals surface area contributed by atoms with Gasteiger partial charge >= 0.3 is 0 Å². The van der Waals surface area contributed by atoms with Crippen molar-refractivity contribution in [3.8, 4) is 11.5 Å². The molecule has 1 fully saturated rings. The summed E-state index contributed by atoms with van der Waals surface area (Å²) >= 11 is 5.76. The van der Waals surface area contributed by atoms with E-state index in [9.17, 15) is 4.79 Å². The lowest BCUT2D eigenvalue weighted by Crippen LogP contribution is -2.45. The Morgan fingerprint density at radius 3 is 2.96 bits per heavy atom. The molecule has 0 saturated carbocycles. The molecule has 7 heteroatoms. The number of amides is 1. The summed E-state index contributed by atoms with van der Waals surface area (Å²) < 4.78 is 16.0. The van der Waals surface area contributed by atoms with Gasteiger partial charge in [0.25, 0.3) is 0 Å². The highest BCUT2D eigenvalue weighted by Crippen LogP contribution is 2.37. The molecule has 3 heterocycles. The fourth-order valence-electron chi connectivity index (χ4n) is 4.01. The number of carbonyl (C=O) groups is 1. The number of likely N-dealkylation sites (tertiary alicyclic amines) is 1. The van der Waals surface area contributed by atoms with Crippen LogP contribution >= 0.6 is 11.6 Å². The van der Waals surface area contributed by atoms with Crippen molar-refractivity contribution in [3.05, 3.63) is 40.7 Å². The van der Waals surface area contributed by atoms with Gasteiger partial charge in [0.1, 0.15) is 5.76 Å². The molecule has 0 unspecified atom stereocenters. The Bertz CT molecular complexity index is 837. The molecule has 1 aromatic heterocycles. The van der Waals surface area contributed by atoms with Gasteiger partial charge in [-0.15, -0.1) is 0 Å². The van der Waals surface area contributed by atoms with Crippen LogP contribution in [0.2, 0.25) is 5.15 Å². The molecule has 1 atom stereocenters. The maximum atomic E-state index is 12.7. The minimum atomic E-state index is 0.0527. The van der Waals surface area contributed by atoms with Crippen LogP contribution in [0.25, 0.3) is 0 Å². The molecule has 6 nitrogen and oxygen atoms in total.